The number of hydrogen-bond donors (Lipinski definition) is 2. The van der Waals surface area contributed by atoms with Crippen molar-refractivity contribution in [3.8, 4) is 0 Å². The topological polar surface area (TPSA) is 46.9 Å². The summed E-state index contributed by atoms with van der Waals surface area (Å²) in [5.74, 6) is 0. The Morgan fingerprint density at radius 2 is 1.45 bits per heavy atom. The van der Waals surface area contributed by atoms with E-state index in [4.69, 9.17) is 0 Å². The first-order valence-corrected chi connectivity index (χ1v) is 7.45. The molecule has 0 radical (unpaired) electrons. The molecule has 4 heteroatoms. The third-order valence-electron chi connectivity index (χ3n) is 4.01. The molecule has 1 aromatic carbocycles. The van der Waals surface area contributed by atoms with Crippen molar-refractivity contribution in [2.24, 2.45) is 0 Å². The zero-order chi connectivity index (χ0) is 14.4. The lowest BCUT2D eigenvalue weighted by Gasteiger charge is -2.32. The Morgan fingerprint density at radius 1 is 0.900 bits per heavy atom. The Balaban J connectivity index is 1.81. The van der Waals surface area contributed by atoms with Crippen LogP contribution in [0, 0.1) is 0 Å². The lowest BCUT2D eigenvalue weighted by Crippen LogP contribution is -2.44. The number of piperazine rings is 1. The molecule has 1 aromatic rings. The largest absolute Gasteiger partial charge is 0.392 e. The molecule has 1 fully saturated rings. The highest BCUT2D eigenvalue weighted by molar-refractivity contribution is 5.29. The molecule has 1 aliphatic heterocycles. The molecule has 112 valence electrons. The highest BCUT2D eigenvalue weighted by Gasteiger charge is 2.12. The molecular weight excluding hydrogens is 252 g/mol. The smallest absolute Gasteiger partial charge is 0.0682 e. The molecule has 2 N–H and O–H groups in total. The number of nitrogens with zero attached hydrogens (tertiary/aromatic N) is 2. The van der Waals surface area contributed by atoms with Crippen LogP contribution >= 0.6 is 0 Å². The van der Waals surface area contributed by atoms with Crippen LogP contribution in [0.3, 0.4) is 0 Å². The SMILES string of the molecule is CN1CCN(CCCc2cc(CO)cc(CO)c2)CC1. The van der Waals surface area contributed by atoms with E-state index in [1.54, 1.807) is 0 Å². The maximum Gasteiger partial charge on any atom is 0.0682 e. The van der Waals surface area contributed by atoms with E-state index in [1.165, 1.54) is 5.56 Å². The van der Waals surface area contributed by atoms with Crippen LogP contribution in [0.2, 0.25) is 0 Å². The quantitative estimate of drug-likeness (QED) is 0.810. The molecule has 1 heterocycles. The van der Waals surface area contributed by atoms with Gasteiger partial charge in [-0.3, -0.25) is 0 Å². The Labute approximate surface area is 121 Å². The molecule has 0 amide bonds. The molecule has 0 saturated carbocycles. The van der Waals surface area contributed by atoms with E-state index in [9.17, 15) is 10.2 Å². The van der Waals surface area contributed by atoms with Crippen LogP contribution in [0.15, 0.2) is 18.2 Å². The molecular formula is C16H26N2O2. The molecule has 0 aliphatic carbocycles. The van der Waals surface area contributed by atoms with Gasteiger partial charge in [-0.15, -0.1) is 0 Å². The van der Waals surface area contributed by atoms with Crippen molar-refractivity contribution in [1.82, 2.24) is 9.80 Å². The predicted molar refractivity (Wildman–Crippen MR) is 80.5 cm³/mol. The summed E-state index contributed by atoms with van der Waals surface area (Å²) in [6, 6.07) is 5.95. The first-order chi connectivity index (χ1) is 9.71. The summed E-state index contributed by atoms with van der Waals surface area (Å²) in [4.78, 5) is 4.89. The second-order valence-corrected chi connectivity index (χ2v) is 5.72. The molecule has 1 aliphatic rings. The van der Waals surface area contributed by atoms with Crippen LogP contribution in [-0.4, -0.2) is 59.8 Å². The highest BCUT2D eigenvalue weighted by Crippen LogP contribution is 2.13. The fraction of sp³-hybridized carbons (Fsp3) is 0.625. The molecule has 1 saturated heterocycles. The Hall–Kier alpha value is -0.940. The number of hydrogen-bond acceptors (Lipinski definition) is 4. The fourth-order valence-electron chi connectivity index (χ4n) is 2.74. The standard InChI is InChI=1S/C16H26N2O2/c1-17-5-7-18(8-6-17)4-2-3-14-9-15(12-19)11-16(10-14)13-20/h9-11,19-20H,2-8,12-13H2,1H3. The summed E-state index contributed by atoms with van der Waals surface area (Å²) in [6.07, 6.45) is 2.14. The van der Waals surface area contributed by atoms with E-state index in [0.29, 0.717) is 0 Å². The molecule has 0 unspecified atom stereocenters. The summed E-state index contributed by atoms with van der Waals surface area (Å²) >= 11 is 0. The van der Waals surface area contributed by atoms with Gasteiger partial charge in [-0.05, 0) is 43.1 Å². The van der Waals surface area contributed by atoms with E-state index in [2.05, 4.69) is 16.8 Å². The van der Waals surface area contributed by atoms with Crippen molar-refractivity contribution >= 4 is 0 Å². The Kier molecular flexibility index (Phi) is 5.98. The lowest BCUT2D eigenvalue weighted by atomic mass is 10.0. The highest BCUT2D eigenvalue weighted by atomic mass is 16.3. The van der Waals surface area contributed by atoms with Gasteiger partial charge in [0.1, 0.15) is 0 Å². The predicted octanol–water partition coefficient (Wildman–Crippen LogP) is 0.851. The maximum absolute atomic E-state index is 9.24. The lowest BCUT2D eigenvalue weighted by molar-refractivity contribution is 0.153. The van der Waals surface area contributed by atoms with E-state index in [-0.39, 0.29) is 13.2 Å². The molecule has 2 rings (SSSR count). The first kappa shape index (κ1) is 15.4. The van der Waals surface area contributed by atoms with Crippen molar-refractivity contribution in [2.45, 2.75) is 26.1 Å². The third kappa shape index (κ3) is 4.56. The van der Waals surface area contributed by atoms with E-state index >= 15 is 0 Å². The van der Waals surface area contributed by atoms with Gasteiger partial charge in [0.25, 0.3) is 0 Å². The van der Waals surface area contributed by atoms with Crippen molar-refractivity contribution in [2.75, 3.05) is 39.8 Å². The average Bonchev–Trinajstić information content (AvgIpc) is 2.49. The van der Waals surface area contributed by atoms with Crippen molar-refractivity contribution in [1.29, 1.82) is 0 Å². The van der Waals surface area contributed by atoms with Gasteiger partial charge in [-0.2, -0.15) is 0 Å². The third-order valence-corrected chi connectivity index (χ3v) is 4.01. The molecule has 4 nitrogen and oxygen atoms in total. The van der Waals surface area contributed by atoms with Gasteiger partial charge < -0.3 is 20.0 Å². The van der Waals surface area contributed by atoms with Crippen LogP contribution in [0.4, 0.5) is 0 Å². The Bertz CT molecular complexity index is 393. The van der Waals surface area contributed by atoms with Crippen LogP contribution in [-0.2, 0) is 19.6 Å². The summed E-state index contributed by atoms with van der Waals surface area (Å²) in [5.41, 5.74) is 3.01. The number of benzene rings is 1. The van der Waals surface area contributed by atoms with Gasteiger partial charge in [-0.25, -0.2) is 0 Å². The van der Waals surface area contributed by atoms with Crippen LogP contribution < -0.4 is 0 Å². The van der Waals surface area contributed by atoms with Crippen molar-refractivity contribution in [3.63, 3.8) is 0 Å². The number of aliphatic hydroxyl groups is 2. The zero-order valence-electron chi connectivity index (χ0n) is 12.4. The number of aliphatic hydroxyl groups excluding tert-OH is 2. The maximum atomic E-state index is 9.24. The normalized spacial score (nSPS) is 17.6. The van der Waals surface area contributed by atoms with Gasteiger partial charge in [0, 0.05) is 26.2 Å². The Morgan fingerprint density at radius 3 is 2.00 bits per heavy atom. The fourth-order valence-corrected chi connectivity index (χ4v) is 2.74. The molecule has 20 heavy (non-hydrogen) atoms. The van der Waals surface area contributed by atoms with Crippen LogP contribution in [0.1, 0.15) is 23.1 Å². The van der Waals surface area contributed by atoms with E-state index in [0.717, 1.165) is 56.7 Å². The van der Waals surface area contributed by atoms with Crippen molar-refractivity contribution < 1.29 is 10.2 Å². The van der Waals surface area contributed by atoms with Gasteiger partial charge in [0.15, 0.2) is 0 Å². The van der Waals surface area contributed by atoms with E-state index < -0.39 is 0 Å². The van der Waals surface area contributed by atoms with Gasteiger partial charge in [0.2, 0.25) is 0 Å². The number of aryl methyl sites for hydroxylation is 1. The molecule has 0 bridgehead atoms. The van der Waals surface area contributed by atoms with Crippen LogP contribution in [0.5, 0.6) is 0 Å². The molecule has 0 atom stereocenters. The molecule has 0 aromatic heterocycles. The minimum Gasteiger partial charge on any atom is -0.392 e. The van der Waals surface area contributed by atoms with Crippen molar-refractivity contribution in [3.05, 3.63) is 34.9 Å². The van der Waals surface area contributed by atoms with Gasteiger partial charge in [0.05, 0.1) is 13.2 Å². The minimum atomic E-state index is 0.0410. The average molecular weight is 278 g/mol. The summed E-state index contributed by atoms with van der Waals surface area (Å²) in [5, 5.41) is 18.5. The molecule has 0 spiro atoms. The van der Waals surface area contributed by atoms with E-state index in [1.807, 2.05) is 18.2 Å². The minimum absolute atomic E-state index is 0.0410. The summed E-state index contributed by atoms with van der Waals surface area (Å²) < 4.78 is 0. The number of rotatable bonds is 6. The van der Waals surface area contributed by atoms with Gasteiger partial charge >= 0.3 is 0 Å². The first-order valence-electron chi connectivity index (χ1n) is 7.45. The summed E-state index contributed by atoms with van der Waals surface area (Å²) in [6.45, 7) is 5.86. The zero-order valence-corrected chi connectivity index (χ0v) is 12.4. The monoisotopic (exact) mass is 278 g/mol. The van der Waals surface area contributed by atoms with Gasteiger partial charge in [-0.1, -0.05) is 18.2 Å². The van der Waals surface area contributed by atoms with Crippen LogP contribution in [0.25, 0.3) is 0 Å². The second-order valence-electron chi connectivity index (χ2n) is 5.72. The second kappa shape index (κ2) is 7.74. The summed E-state index contributed by atoms with van der Waals surface area (Å²) in [7, 11) is 2.17. The number of likely N-dealkylation sites (N-methyl/N-ethyl adjacent to an activating group) is 1.